The van der Waals surface area contributed by atoms with Crippen LogP contribution in [0.25, 0.3) is 0 Å². The van der Waals surface area contributed by atoms with E-state index < -0.39 is 16.1 Å². The second-order valence-electron chi connectivity index (χ2n) is 7.07. The van der Waals surface area contributed by atoms with Crippen molar-refractivity contribution in [3.8, 4) is 5.75 Å². The fourth-order valence-electron chi connectivity index (χ4n) is 2.88. The molecule has 0 radical (unpaired) electrons. The summed E-state index contributed by atoms with van der Waals surface area (Å²) in [4.78, 5) is 0.208. The van der Waals surface area contributed by atoms with Gasteiger partial charge in [0.25, 0.3) is 0 Å². The van der Waals surface area contributed by atoms with E-state index in [4.69, 9.17) is 4.74 Å². The van der Waals surface area contributed by atoms with Crippen molar-refractivity contribution in [2.75, 3.05) is 20.2 Å². The quantitative estimate of drug-likeness (QED) is 0.675. The number of hydrogen-bond donors (Lipinski definition) is 1. The van der Waals surface area contributed by atoms with Gasteiger partial charge >= 0.3 is 0 Å². The molecule has 27 heavy (non-hydrogen) atoms. The highest BCUT2D eigenvalue weighted by Gasteiger charge is 2.27. The Morgan fingerprint density at radius 1 is 1.00 bits per heavy atom. The van der Waals surface area contributed by atoms with Crippen molar-refractivity contribution in [3.63, 3.8) is 0 Å². The lowest BCUT2D eigenvalue weighted by molar-refractivity contribution is 0.133. The second-order valence-corrected chi connectivity index (χ2v) is 9.01. The Kier molecular flexibility index (Phi) is 7.83. The minimum atomic E-state index is -3.68. The number of sulfonamides is 1. The van der Waals surface area contributed by atoms with Crippen LogP contribution in [0.5, 0.6) is 5.75 Å². The molecular weight excluding hydrogens is 362 g/mol. The van der Waals surface area contributed by atoms with Gasteiger partial charge < -0.3 is 9.84 Å². The number of nitrogens with zero attached hydrogens (tertiary/aromatic N) is 1. The summed E-state index contributed by atoms with van der Waals surface area (Å²) < 4.78 is 32.6. The highest BCUT2D eigenvalue weighted by molar-refractivity contribution is 7.89. The average Bonchev–Trinajstić information content (AvgIpc) is 2.66. The van der Waals surface area contributed by atoms with Crippen LogP contribution in [0, 0.1) is 5.92 Å². The summed E-state index contributed by atoms with van der Waals surface area (Å²) in [5.41, 5.74) is 1.13. The fourth-order valence-corrected chi connectivity index (χ4v) is 4.52. The first-order chi connectivity index (χ1) is 12.8. The molecule has 6 heteroatoms. The molecule has 0 bridgehead atoms. The summed E-state index contributed by atoms with van der Waals surface area (Å²) in [7, 11) is -2.14. The van der Waals surface area contributed by atoms with Crippen LogP contribution in [0.3, 0.4) is 0 Å². The summed E-state index contributed by atoms with van der Waals surface area (Å²) in [6.07, 6.45) is 0.494. The van der Waals surface area contributed by atoms with E-state index in [1.807, 2.05) is 44.2 Å². The van der Waals surface area contributed by atoms with Gasteiger partial charge in [0, 0.05) is 13.1 Å². The van der Waals surface area contributed by atoms with Gasteiger partial charge in [-0.25, -0.2) is 8.42 Å². The maximum Gasteiger partial charge on any atom is 0.243 e. The SMILES string of the molecule is COc1ccc(S(=O)(=O)N(CC(C)C)C[C@@H](O)CCc2ccccc2)cc1. The minimum absolute atomic E-state index is 0.0827. The molecule has 0 aliphatic heterocycles. The van der Waals surface area contributed by atoms with Gasteiger partial charge in [-0.2, -0.15) is 4.31 Å². The van der Waals surface area contributed by atoms with Crippen LogP contribution in [0.1, 0.15) is 25.8 Å². The van der Waals surface area contributed by atoms with Gasteiger partial charge in [0.2, 0.25) is 10.0 Å². The van der Waals surface area contributed by atoms with E-state index >= 15 is 0 Å². The van der Waals surface area contributed by atoms with E-state index in [9.17, 15) is 13.5 Å². The first-order valence-electron chi connectivity index (χ1n) is 9.19. The molecule has 2 aromatic rings. The number of aliphatic hydroxyl groups excluding tert-OH is 1. The van der Waals surface area contributed by atoms with Gasteiger partial charge in [-0.1, -0.05) is 44.2 Å². The van der Waals surface area contributed by atoms with Gasteiger partial charge in [-0.3, -0.25) is 0 Å². The number of methoxy groups -OCH3 is 1. The molecule has 2 aromatic carbocycles. The summed E-state index contributed by atoms with van der Waals surface area (Å²) in [5.74, 6) is 0.756. The first-order valence-corrected chi connectivity index (χ1v) is 10.6. The van der Waals surface area contributed by atoms with E-state index in [1.165, 1.54) is 23.5 Å². The van der Waals surface area contributed by atoms with Crippen molar-refractivity contribution in [2.24, 2.45) is 5.92 Å². The Morgan fingerprint density at radius 3 is 2.19 bits per heavy atom. The normalized spacial score (nSPS) is 13.1. The van der Waals surface area contributed by atoms with Gasteiger partial charge in [-0.05, 0) is 48.6 Å². The van der Waals surface area contributed by atoms with E-state index in [0.717, 1.165) is 5.56 Å². The molecule has 148 valence electrons. The molecule has 1 atom stereocenters. The highest BCUT2D eigenvalue weighted by Crippen LogP contribution is 2.21. The van der Waals surface area contributed by atoms with E-state index in [0.29, 0.717) is 25.1 Å². The lowest BCUT2D eigenvalue weighted by atomic mass is 10.1. The molecular formula is C21H29NO4S. The standard InChI is InChI=1S/C21H29NO4S/c1-17(2)15-22(16-19(23)10-9-18-7-5-4-6-8-18)27(24,25)21-13-11-20(26-3)12-14-21/h4-8,11-14,17,19,23H,9-10,15-16H2,1-3H3/t19-/m0/s1. The van der Waals surface area contributed by atoms with Crippen molar-refractivity contribution in [1.82, 2.24) is 4.31 Å². The summed E-state index contributed by atoms with van der Waals surface area (Å²) in [6.45, 7) is 4.37. The van der Waals surface area contributed by atoms with Crippen LogP contribution in [0.15, 0.2) is 59.5 Å². The average molecular weight is 392 g/mol. The predicted octanol–water partition coefficient (Wildman–Crippen LogP) is 3.34. The monoisotopic (exact) mass is 391 g/mol. The van der Waals surface area contributed by atoms with Crippen molar-refractivity contribution in [2.45, 2.75) is 37.7 Å². The highest BCUT2D eigenvalue weighted by atomic mass is 32.2. The molecule has 0 spiro atoms. The predicted molar refractivity (Wildman–Crippen MR) is 107 cm³/mol. The maximum atomic E-state index is 13.1. The van der Waals surface area contributed by atoms with Crippen LogP contribution in [-0.2, 0) is 16.4 Å². The Labute approximate surface area is 162 Å². The van der Waals surface area contributed by atoms with E-state index in [1.54, 1.807) is 12.1 Å². The van der Waals surface area contributed by atoms with Crippen molar-refractivity contribution >= 4 is 10.0 Å². The molecule has 0 heterocycles. The Hall–Kier alpha value is -1.89. The topological polar surface area (TPSA) is 66.8 Å². The maximum absolute atomic E-state index is 13.1. The number of aryl methyl sites for hydroxylation is 1. The lowest BCUT2D eigenvalue weighted by Gasteiger charge is -2.26. The minimum Gasteiger partial charge on any atom is -0.497 e. The zero-order valence-electron chi connectivity index (χ0n) is 16.2. The van der Waals surface area contributed by atoms with Crippen molar-refractivity contribution < 1.29 is 18.3 Å². The number of hydrogen-bond acceptors (Lipinski definition) is 4. The van der Waals surface area contributed by atoms with E-state index in [-0.39, 0.29) is 17.4 Å². The van der Waals surface area contributed by atoms with E-state index in [2.05, 4.69) is 0 Å². The summed E-state index contributed by atoms with van der Waals surface area (Å²) in [6, 6.07) is 16.2. The number of ether oxygens (including phenoxy) is 1. The van der Waals surface area contributed by atoms with Gasteiger partial charge in [0.05, 0.1) is 18.1 Å². The third-order valence-electron chi connectivity index (χ3n) is 4.29. The van der Waals surface area contributed by atoms with Crippen LogP contribution < -0.4 is 4.74 Å². The largest absolute Gasteiger partial charge is 0.497 e. The number of benzene rings is 2. The third kappa shape index (κ3) is 6.34. The Morgan fingerprint density at radius 2 is 1.63 bits per heavy atom. The zero-order valence-corrected chi connectivity index (χ0v) is 17.0. The molecule has 0 fully saturated rings. The van der Waals surface area contributed by atoms with Crippen LogP contribution in [-0.4, -0.2) is 44.1 Å². The number of aliphatic hydroxyl groups is 1. The molecule has 0 amide bonds. The molecule has 0 aliphatic carbocycles. The summed E-state index contributed by atoms with van der Waals surface area (Å²) >= 11 is 0. The second kappa shape index (κ2) is 9.88. The van der Waals surface area contributed by atoms with Crippen LogP contribution >= 0.6 is 0 Å². The number of rotatable bonds is 10. The molecule has 0 saturated carbocycles. The fraction of sp³-hybridized carbons (Fsp3) is 0.429. The first kappa shape index (κ1) is 21.4. The van der Waals surface area contributed by atoms with Crippen LogP contribution in [0.4, 0.5) is 0 Å². The van der Waals surface area contributed by atoms with Gasteiger partial charge in [-0.15, -0.1) is 0 Å². The molecule has 2 rings (SSSR count). The summed E-state index contributed by atoms with van der Waals surface area (Å²) in [5, 5.41) is 10.5. The molecule has 1 N–H and O–H groups in total. The molecule has 0 saturated heterocycles. The van der Waals surface area contributed by atoms with Gasteiger partial charge in [0.15, 0.2) is 0 Å². The zero-order chi connectivity index (χ0) is 19.9. The Bertz CT molecular complexity index is 789. The molecule has 0 aromatic heterocycles. The molecule has 5 nitrogen and oxygen atoms in total. The smallest absolute Gasteiger partial charge is 0.243 e. The lowest BCUT2D eigenvalue weighted by Crippen LogP contribution is -2.40. The molecule has 0 aliphatic rings. The molecule has 0 unspecified atom stereocenters. The van der Waals surface area contributed by atoms with Crippen molar-refractivity contribution in [3.05, 3.63) is 60.2 Å². The third-order valence-corrected chi connectivity index (χ3v) is 6.14. The van der Waals surface area contributed by atoms with Gasteiger partial charge in [0.1, 0.15) is 5.75 Å². The Balaban J connectivity index is 2.10. The van der Waals surface area contributed by atoms with Crippen molar-refractivity contribution in [1.29, 1.82) is 0 Å². The van der Waals surface area contributed by atoms with Crippen LogP contribution in [0.2, 0.25) is 0 Å².